The molecule has 0 aliphatic carbocycles. The van der Waals surface area contributed by atoms with Crippen molar-refractivity contribution in [2.45, 2.75) is 162 Å². The molecule has 0 bridgehead atoms. The van der Waals surface area contributed by atoms with E-state index in [-0.39, 0.29) is 0 Å². The standard InChI is InChI=1S/C31H57O3P/c1-4-6-8-10-12-14-16-18-20-22-24-29-26-28(3)27-30(31(29)34-35(32)33)25-23-21-19-17-15-13-11-9-7-5-2/h26-27,32-33H,4-25H2,1-3H3. The van der Waals surface area contributed by atoms with Gasteiger partial charge in [-0.2, -0.15) is 0 Å². The molecule has 0 heterocycles. The van der Waals surface area contributed by atoms with Gasteiger partial charge in [-0.1, -0.05) is 147 Å². The maximum absolute atomic E-state index is 9.61. The predicted molar refractivity (Wildman–Crippen MR) is 154 cm³/mol. The average Bonchev–Trinajstić information content (AvgIpc) is 2.83. The second-order valence-corrected chi connectivity index (χ2v) is 11.3. The monoisotopic (exact) mass is 508 g/mol. The van der Waals surface area contributed by atoms with Crippen LogP contribution < -0.4 is 4.52 Å². The molecular formula is C31H57O3P. The van der Waals surface area contributed by atoms with E-state index in [1.54, 1.807) is 0 Å². The molecule has 3 nitrogen and oxygen atoms in total. The van der Waals surface area contributed by atoms with E-state index in [0.717, 1.165) is 42.6 Å². The number of hydrogen-bond donors (Lipinski definition) is 2. The van der Waals surface area contributed by atoms with Crippen LogP contribution in [0.3, 0.4) is 0 Å². The van der Waals surface area contributed by atoms with Crippen LogP contribution in [0, 0.1) is 6.92 Å². The predicted octanol–water partition coefficient (Wildman–Crippen LogP) is 10.5. The molecule has 204 valence electrons. The Kier molecular flexibility index (Phi) is 20.9. The number of rotatable bonds is 24. The molecule has 1 aromatic rings. The molecule has 0 saturated heterocycles. The Balaban J connectivity index is 2.39. The highest BCUT2D eigenvalue weighted by Crippen LogP contribution is 2.37. The minimum Gasteiger partial charge on any atom is -0.426 e. The van der Waals surface area contributed by atoms with Crippen molar-refractivity contribution >= 4 is 8.60 Å². The van der Waals surface area contributed by atoms with E-state index in [1.165, 1.54) is 121 Å². The zero-order chi connectivity index (χ0) is 25.6. The Labute approximate surface area is 219 Å². The fourth-order valence-corrected chi connectivity index (χ4v) is 5.50. The molecule has 0 atom stereocenters. The summed E-state index contributed by atoms with van der Waals surface area (Å²) in [7, 11) is -2.39. The lowest BCUT2D eigenvalue weighted by Crippen LogP contribution is -2.00. The molecular weight excluding hydrogens is 451 g/mol. The van der Waals surface area contributed by atoms with E-state index in [2.05, 4.69) is 32.9 Å². The van der Waals surface area contributed by atoms with Crippen molar-refractivity contribution in [1.29, 1.82) is 0 Å². The van der Waals surface area contributed by atoms with Crippen LogP contribution in [-0.4, -0.2) is 9.79 Å². The summed E-state index contributed by atoms with van der Waals surface area (Å²) in [5, 5.41) is 0. The molecule has 0 aliphatic heterocycles. The van der Waals surface area contributed by atoms with Gasteiger partial charge in [-0.15, -0.1) is 0 Å². The van der Waals surface area contributed by atoms with E-state index in [9.17, 15) is 9.79 Å². The lowest BCUT2D eigenvalue weighted by Gasteiger charge is -2.17. The van der Waals surface area contributed by atoms with Gasteiger partial charge in [-0.05, 0) is 43.7 Å². The van der Waals surface area contributed by atoms with Gasteiger partial charge in [0.15, 0.2) is 0 Å². The molecule has 0 aromatic heterocycles. The Morgan fingerprint density at radius 3 is 1.17 bits per heavy atom. The molecule has 2 N–H and O–H groups in total. The lowest BCUT2D eigenvalue weighted by atomic mass is 9.96. The smallest absolute Gasteiger partial charge is 0.391 e. The first-order valence-electron chi connectivity index (χ1n) is 15.1. The molecule has 0 amide bonds. The fraction of sp³-hybridized carbons (Fsp3) is 0.806. The van der Waals surface area contributed by atoms with E-state index < -0.39 is 8.60 Å². The normalized spacial score (nSPS) is 11.5. The summed E-state index contributed by atoms with van der Waals surface area (Å²) < 4.78 is 5.59. The van der Waals surface area contributed by atoms with Crippen LogP contribution in [-0.2, 0) is 12.8 Å². The third kappa shape index (κ3) is 17.5. The summed E-state index contributed by atoms with van der Waals surface area (Å²) in [5.41, 5.74) is 3.56. The summed E-state index contributed by atoms with van der Waals surface area (Å²) in [4.78, 5) is 19.2. The maximum Gasteiger partial charge on any atom is 0.391 e. The van der Waals surface area contributed by atoms with E-state index in [1.807, 2.05) is 0 Å². The van der Waals surface area contributed by atoms with Gasteiger partial charge in [0.25, 0.3) is 0 Å². The Morgan fingerprint density at radius 1 is 0.543 bits per heavy atom. The van der Waals surface area contributed by atoms with Crippen LogP contribution in [0.4, 0.5) is 0 Å². The summed E-state index contributed by atoms with van der Waals surface area (Å²) >= 11 is 0. The Bertz CT molecular complexity index is 572. The summed E-state index contributed by atoms with van der Waals surface area (Å²) in [6.07, 6.45) is 28.4. The Hall–Kier alpha value is -0.630. The minimum atomic E-state index is -2.39. The van der Waals surface area contributed by atoms with Gasteiger partial charge in [0.1, 0.15) is 5.75 Å². The first-order valence-corrected chi connectivity index (χ1v) is 16.2. The molecule has 0 aliphatic rings. The largest absolute Gasteiger partial charge is 0.426 e. The van der Waals surface area contributed by atoms with Crippen molar-refractivity contribution in [3.05, 3.63) is 28.8 Å². The van der Waals surface area contributed by atoms with Crippen LogP contribution in [0.5, 0.6) is 5.75 Å². The maximum atomic E-state index is 9.61. The highest BCUT2D eigenvalue weighted by Gasteiger charge is 2.15. The molecule has 0 unspecified atom stereocenters. The van der Waals surface area contributed by atoms with Gasteiger partial charge in [0, 0.05) is 0 Å². The quantitative estimate of drug-likeness (QED) is 0.108. The van der Waals surface area contributed by atoms with Crippen molar-refractivity contribution < 1.29 is 14.3 Å². The lowest BCUT2D eigenvalue weighted by molar-refractivity contribution is 0.371. The third-order valence-corrected chi connectivity index (χ3v) is 7.51. The van der Waals surface area contributed by atoms with Crippen molar-refractivity contribution in [3.63, 3.8) is 0 Å². The molecule has 0 radical (unpaired) electrons. The van der Waals surface area contributed by atoms with Crippen LogP contribution in [0.2, 0.25) is 0 Å². The van der Waals surface area contributed by atoms with Gasteiger partial charge in [0.05, 0.1) is 0 Å². The van der Waals surface area contributed by atoms with Crippen LogP contribution in [0.15, 0.2) is 12.1 Å². The molecule has 35 heavy (non-hydrogen) atoms. The van der Waals surface area contributed by atoms with Crippen LogP contribution in [0.1, 0.15) is 159 Å². The highest BCUT2D eigenvalue weighted by atomic mass is 31.2. The van der Waals surface area contributed by atoms with Gasteiger partial charge < -0.3 is 14.3 Å². The first-order chi connectivity index (χ1) is 17.1. The molecule has 0 spiro atoms. The number of aryl methyl sites for hydroxylation is 3. The minimum absolute atomic E-state index is 0.749. The average molecular weight is 509 g/mol. The van der Waals surface area contributed by atoms with Crippen molar-refractivity contribution in [2.24, 2.45) is 0 Å². The van der Waals surface area contributed by atoms with Crippen LogP contribution in [0.25, 0.3) is 0 Å². The number of benzene rings is 1. The zero-order valence-corrected chi connectivity index (χ0v) is 24.4. The summed E-state index contributed by atoms with van der Waals surface area (Å²) in [6.45, 7) is 6.69. The van der Waals surface area contributed by atoms with Crippen molar-refractivity contribution in [1.82, 2.24) is 0 Å². The number of hydrogen-bond acceptors (Lipinski definition) is 3. The third-order valence-electron chi connectivity index (χ3n) is 7.16. The highest BCUT2D eigenvalue weighted by molar-refractivity contribution is 7.39. The fourth-order valence-electron chi connectivity index (χ4n) is 5.10. The van der Waals surface area contributed by atoms with Crippen LogP contribution >= 0.6 is 8.60 Å². The number of unbranched alkanes of at least 4 members (excludes halogenated alkanes) is 18. The molecule has 4 heteroatoms. The zero-order valence-electron chi connectivity index (χ0n) is 23.5. The molecule has 1 aromatic carbocycles. The second-order valence-electron chi connectivity index (χ2n) is 10.6. The SMILES string of the molecule is CCCCCCCCCCCCc1cc(C)cc(CCCCCCCCCCCC)c1OP(O)O. The summed E-state index contributed by atoms with van der Waals surface area (Å²) in [5.74, 6) is 0.749. The topological polar surface area (TPSA) is 49.7 Å². The molecule has 1 rings (SSSR count). The molecule has 0 saturated carbocycles. The summed E-state index contributed by atoms with van der Waals surface area (Å²) in [6, 6.07) is 4.37. The van der Waals surface area contributed by atoms with Crippen molar-refractivity contribution in [2.75, 3.05) is 0 Å². The van der Waals surface area contributed by atoms with E-state index >= 15 is 0 Å². The Morgan fingerprint density at radius 2 is 0.857 bits per heavy atom. The molecule has 0 fully saturated rings. The van der Waals surface area contributed by atoms with E-state index in [0.29, 0.717) is 0 Å². The van der Waals surface area contributed by atoms with Gasteiger partial charge in [0.2, 0.25) is 0 Å². The van der Waals surface area contributed by atoms with Gasteiger partial charge in [-0.25, -0.2) is 0 Å². The second kappa shape index (κ2) is 22.6. The van der Waals surface area contributed by atoms with Crippen molar-refractivity contribution in [3.8, 4) is 5.75 Å². The van der Waals surface area contributed by atoms with E-state index in [4.69, 9.17) is 4.52 Å². The van der Waals surface area contributed by atoms with Gasteiger partial charge in [-0.3, -0.25) is 0 Å². The first kappa shape index (κ1) is 32.4. The van der Waals surface area contributed by atoms with Gasteiger partial charge >= 0.3 is 8.60 Å².